The molecule has 136 valence electrons. The van der Waals surface area contributed by atoms with E-state index < -0.39 is 17.3 Å². The van der Waals surface area contributed by atoms with Crippen molar-refractivity contribution in [3.05, 3.63) is 45.5 Å². The summed E-state index contributed by atoms with van der Waals surface area (Å²) in [4.78, 5) is 2.18. The Labute approximate surface area is 168 Å². The van der Waals surface area contributed by atoms with Gasteiger partial charge in [0.2, 0.25) is 0 Å². The number of hydrogen-bond acceptors (Lipinski definition) is 5. The number of rotatable bonds is 2. The smallest absolute Gasteiger partial charge is 0.189 e. The summed E-state index contributed by atoms with van der Waals surface area (Å²) < 4.78 is 0. The third-order valence-corrected chi connectivity index (χ3v) is 6.19. The van der Waals surface area contributed by atoms with Crippen LogP contribution >= 0.6 is 23.2 Å². The second-order valence-electron chi connectivity index (χ2n) is 6.81. The molecule has 1 unspecified atom stereocenters. The fourth-order valence-electron chi connectivity index (χ4n) is 4.22. The van der Waals surface area contributed by atoms with Crippen LogP contribution in [-0.2, 0) is 0 Å². The number of hydrogen-bond donors (Lipinski definition) is 1. The Hall–Kier alpha value is -2.36. The number of fused-ring (bicyclic) bond motifs is 1. The molecule has 1 aromatic rings. The van der Waals surface area contributed by atoms with Crippen molar-refractivity contribution in [1.82, 2.24) is 4.90 Å². The van der Waals surface area contributed by atoms with Gasteiger partial charge in [-0.1, -0.05) is 36.2 Å². The van der Waals surface area contributed by atoms with Crippen LogP contribution in [0.1, 0.15) is 18.4 Å². The summed E-state index contributed by atoms with van der Waals surface area (Å²) in [5.74, 6) is -1.81. The van der Waals surface area contributed by atoms with Crippen LogP contribution < -0.4 is 0 Å². The summed E-state index contributed by atoms with van der Waals surface area (Å²) in [6.07, 6.45) is 1.96. The second-order valence-corrected chi connectivity index (χ2v) is 7.66. The largest absolute Gasteiger partial charge is 0.305 e. The minimum absolute atomic E-state index is 0.177. The lowest BCUT2D eigenvalue weighted by atomic mass is 9.54. The van der Waals surface area contributed by atoms with Gasteiger partial charge in [-0.2, -0.15) is 15.8 Å². The summed E-state index contributed by atoms with van der Waals surface area (Å²) in [5, 5.41) is 39.1. The molecule has 0 bridgehead atoms. The summed E-state index contributed by atoms with van der Waals surface area (Å²) in [6, 6.07) is 11.2. The van der Waals surface area contributed by atoms with E-state index in [2.05, 4.69) is 23.1 Å². The summed E-state index contributed by atoms with van der Waals surface area (Å²) >= 11 is 12.6. The van der Waals surface area contributed by atoms with E-state index in [4.69, 9.17) is 28.6 Å². The lowest BCUT2D eigenvalue weighted by Crippen LogP contribution is -2.52. The van der Waals surface area contributed by atoms with Gasteiger partial charge in [0.1, 0.15) is 5.92 Å². The van der Waals surface area contributed by atoms with Crippen molar-refractivity contribution >= 4 is 28.9 Å². The Kier molecular flexibility index (Phi) is 5.27. The van der Waals surface area contributed by atoms with E-state index in [1.165, 1.54) is 0 Å². The molecule has 3 rings (SSSR count). The zero-order valence-electron chi connectivity index (χ0n) is 14.7. The predicted molar refractivity (Wildman–Crippen MR) is 103 cm³/mol. The lowest BCUT2D eigenvalue weighted by molar-refractivity contribution is 0.212. The third-order valence-electron chi connectivity index (χ3n) is 5.61. The van der Waals surface area contributed by atoms with E-state index in [1.807, 2.05) is 13.0 Å². The van der Waals surface area contributed by atoms with Gasteiger partial charge in [-0.15, -0.1) is 0 Å². The predicted octanol–water partition coefficient (Wildman–Crippen LogP) is 4.16. The number of nitriles is 3. The number of benzene rings is 1. The Morgan fingerprint density at radius 1 is 1.26 bits per heavy atom. The summed E-state index contributed by atoms with van der Waals surface area (Å²) in [6.45, 7) is 4.11. The molecule has 1 aliphatic carbocycles. The van der Waals surface area contributed by atoms with Crippen molar-refractivity contribution in [3.8, 4) is 18.2 Å². The highest BCUT2D eigenvalue weighted by atomic mass is 35.5. The van der Waals surface area contributed by atoms with Gasteiger partial charge in [0.15, 0.2) is 5.41 Å². The maximum absolute atomic E-state index is 10.00. The quantitative estimate of drug-likeness (QED) is 0.756. The molecule has 1 saturated carbocycles. The molecule has 1 aliphatic heterocycles. The van der Waals surface area contributed by atoms with E-state index in [0.717, 1.165) is 12.1 Å². The molecule has 0 aromatic heterocycles. The maximum Gasteiger partial charge on any atom is 0.189 e. The van der Waals surface area contributed by atoms with Crippen molar-refractivity contribution in [2.45, 2.75) is 12.8 Å². The molecule has 0 amide bonds. The number of halogens is 2. The van der Waals surface area contributed by atoms with E-state index in [1.54, 1.807) is 18.2 Å². The van der Waals surface area contributed by atoms with Gasteiger partial charge in [0.25, 0.3) is 0 Å². The molecule has 27 heavy (non-hydrogen) atoms. The van der Waals surface area contributed by atoms with Gasteiger partial charge >= 0.3 is 0 Å². The Balaban J connectivity index is 2.30. The monoisotopic (exact) mass is 397 g/mol. The highest BCUT2D eigenvalue weighted by Crippen LogP contribution is 2.54. The fraction of sp³-hybridized carbons (Fsp3) is 0.400. The van der Waals surface area contributed by atoms with Gasteiger partial charge in [0, 0.05) is 35.0 Å². The first-order chi connectivity index (χ1) is 12.9. The Morgan fingerprint density at radius 2 is 1.96 bits per heavy atom. The molecule has 0 radical (unpaired) electrons. The van der Waals surface area contributed by atoms with Gasteiger partial charge in [-0.3, -0.25) is 4.90 Å². The summed E-state index contributed by atoms with van der Waals surface area (Å²) in [7, 11) is 0. The molecule has 5 nitrogen and oxygen atoms in total. The zero-order valence-corrected chi connectivity index (χ0v) is 16.2. The average Bonchev–Trinajstić information content (AvgIpc) is 2.69. The molecule has 0 spiro atoms. The molecule has 0 saturated heterocycles. The highest BCUT2D eigenvalue weighted by Gasteiger charge is 2.58. The van der Waals surface area contributed by atoms with Crippen molar-refractivity contribution in [3.63, 3.8) is 0 Å². The fourth-order valence-corrected chi connectivity index (χ4v) is 4.64. The van der Waals surface area contributed by atoms with Gasteiger partial charge in [0.05, 0.1) is 23.9 Å². The van der Waals surface area contributed by atoms with Crippen molar-refractivity contribution in [1.29, 1.82) is 21.2 Å². The molecular weight excluding hydrogens is 381 g/mol. The van der Waals surface area contributed by atoms with Gasteiger partial charge in [-0.05, 0) is 35.9 Å². The van der Waals surface area contributed by atoms with Crippen LogP contribution in [0.5, 0.6) is 0 Å². The molecule has 3 atom stereocenters. The van der Waals surface area contributed by atoms with Crippen LogP contribution in [0.3, 0.4) is 0 Å². The zero-order chi connectivity index (χ0) is 19.8. The van der Waals surface area contributed by atoms with Crippen LogP contribution in [0.4, 0.5) is 0 Å². The number of nitrogens with one attached hydrogen (secondary N) is 1. The first-order valence-corrected chi connectivity index (χ1v) is 9.37. The first-order valence-electron chi connectivity index (χ1n) is 8.61. The Bertz CT molecular complexity index is 933. The average molecular weight is 398 g/mol. The number of likely N-dealkylation sites (N-methyl/N-ethyl adjacent to an activating group) is 1. The van der Waals surface area contributed by atoms with Gasteiger partial charge in [-0.25, -0.2) is 0 Å². The minimum atomic E-state index is -1.77. The molecule has 1 aromatic carbocycles. The normalized spacial score (nSPS) is 26.9. The third kappa shape index (κ3) is 2.91. The first kappa shape index (κ1) is 19.4. The van der Waals surface area contributed by atoms with Crippen molar-refractivity contribution in [2.24, 2.45) is 17.3 Å². The van der Waals surface area contributed by atoms with Crippen LogP contribution in [-0.4, -0.2) is 30.2 Å². The SMILES string of the molecule is CCN1CC=C2C(C#N)C(=N)C(C#N)(C#N)[C@@H](c3cc(Cl)ccc3Cl)[C@@H]2C1. The van der Waals surface area contributed by atoms with E-state index >= 15 is 0 Å². The highest BCUT2D eigenvalue weighted by molar-refractivity contribution is 6.33. The topological polar surface area (TPSA) is 98.5 Å². The lowest BCUT2D eigenvalue weighted by Gasteiger charge is -2.47. The molecule has 2 aliphatic rings. The van der Waals surface area contributed by atoms with Crippen molar-refractivity contribution in [2.75, 3.05) is 19.6 Å². The molecule has 1 N–H and O–H groups in total. The summed E-state index contributed by atoms with van der Waals surface area (Å²) in [5.41, 5.74) is -0.576. The van der Waals surface area contributed by atoms with Crippen molar-refractivity contribution < 1.29 is 0 Å². The standard InChI is InChI=1S/C20H17Cl2N5/c1-2-27-6-5-13-15(8-23)19(26)20(10-24,11-25)18(16(13)9-27)14-7-12(21)3-4-17(14)22/h3-5,7,15-16,18,26H,2,6,9H2,1H3/t15?,16-,18+/m1/s1. The van der Waals surface area contributed by atoms with Gasteiger partial charge < -0.3 is 5.41 Å². The molecule has 7 heteroatoms. The van der Waals surface area contributed by atoms with E-state index in [9.17, 15) is 15.8 Å². The minimum Gasteiger partial charge on any atom is -0.305 e. The maximum atomic E-state index is 10.00. The molecule has 1 heterocycles. The van der Waals surface area contributed by atoms with E-state index in [-0.39, 0.29) is 11.6 Å². The van der Waals surface area contributed by atoms with Crippen LogP contribution in [0, 0.1) is 56.7 Å². The molecule has 1 fully saturated rings. The second kappa shape index (κ2) is 7.34. The van der Waals surface area contributed by atoms with E-state index in [0.29, 0.717) is 28.7 Å². The number of nitrogens with zero attached hydrogens (tertiary/aromatic N) is 4. The van der Waals surface area contributed by atoms with Crippen LogP contribution in [0.15, 0.2) is 29.8 Å². The molecular formula is C20H17Cl2N5. The van der Waals surface area contributed by atoms with Crippen LogP contribution in [0.25, 0.3) is 0 Å². The Morgan fingerprint density at radius 3 is 2.56 bits per heavy atom. The van der Waals surface area contributed by atoms with Crippen LogP contribution in [0.2, 0.25) is 10.0 Å².